The molecule has 4 nitrogen and oxygen atoms in total. The van der Waals surface area contributed by atoms with Gasteiger partial charge in [-0.25, -0.2) is 17.9 Å². The molecule has 16 heavy (non-hydrogen) atoms. The largest absolute Gasteiger partial charge is 0.372 e. The van der Waals surface area contributed by atoms with E-state index in [2.05, 4.69) is 17.2 Å². The first-order valence-corrected chi connectivity index (χ1v) is 5.95. The van der Waals surface area contributed by atoms with Gasteiger partial charge >= 0.3 is 0 Å². The number of anilines is 1. The van der Waals surface area contributed by atoms with Crippen LogP contribution in [0.5, 0.6) is 0 Å². The molecule has 0 saturated heterocycles. The molecule has 0 aromatic heterocycles. The smallest absolute Gasteiger partial charge is 0.238 e. The first-order chi connectivity index (χ1) is 7.45. The molecule has 0 aliphatic rings. The number of rotatable bonds is 3. The summed E-state index contributed by atoms with van der Waals surface area (Å²) in [5.41, 5.74) is 0.190. The van der Waals surface area contributed by atoms with Crippen molar-refractivity contribution in [2.24, 2.45) is 5.14 Å². The molecule has 6 heteroatoms. The third kappa shape index (κ3) is 3.22. The van der Waals surface area contributed by atoms with E-state index in [4.69, 9.17) is 5.14 Å². The standard InChI is InChI=1S/C10H11FN2O2S/c1-2-3-6-13-10-5-4-8(7-9(10)11)16(12,14)15/h4-5,7,13H,6H2,1H3,(H2,12,14,15). The van der Waals surface area contributed by atoms with Gasteiger partial charge in [0, 0.05) is 0 Å². The van der Waals surface area contributed by atoms with Crippen LogP contribution in [0.3, 0.4) is 0 Å². The zero-order chi connectivity index (χ0) is 12.2. The summed E-state index contributed by atoms with van der Waals surface area (Å²) in [6.45, 7) is 1.96. The fourth-order valence-electron chi connectivity index (χ4n) is 1.04. The number of sulfonamides is 1. The number of benzene rings is 1. The predicted molar refractivity (Wildman–Crippen MR) is 59.7 cm³/mol. The van der Waals surface area contributed by atoms with E-state index in [0.29, 0.717) is 6.54 Å². The molecule has 0 aliphatic heterocycles. The van der Waals surface area contributed by atoms with Gasteiger partial charge in [0.2, 0.25) is 10.0 Å². The normalized spacial score (nSPS) is 10.4. The molecule has 86 valence electrons. The quantitative estimate of drug-likeness (QED) is 0.774. The third-order valence-electron chi connectivity index (χ3n) is 1.81. The lowest BCUT2D eigenvalue weighted by atomic mass is 10.3. The minimum Gasteiger partial charge on any atom is -0.372 e. The van der Waals surface area contributed by atoms with Crippen LogP contribution in [0.4, 0.5) is 10.1 Å². The summed E-state index contributed by atoms with van der Waals surface area (Å²) in [6.07, 6.45) is 0. The van der Waals surface area contributed by atoms with Crippen molar-refractivity contribution in [2.45, 2.75) is 11.8 Å². The van der Waals surface area contributed by atoms with Crippen molar-refractivity contribution in [3.8, 4) is 11.8 Å². The maximum atomic E-state index is 13.4. The minimum atomic E-state index is -3.86. The second-order valence-corrected chi connectivity index (χ2v) is 4.53. The fourth-order valence-corrected chi connectivity index (χ4v) is 1.57. The lowest BCUT2D eigenvalue weighted by Crippen LogP contribution is -2.12. The van der Waals surface area contributed by atoms with E-state index < -0.39 is 15.8 Å². The van der Waals surface area contributed by atoms with Crippen LogP contribution in [0.1, 0.15) is 6.92 Å². The number of nitrogens with two attached hydrogens (primary N) is 1. The number of nitrogens with one attached hydrogen (secondary N) is 1. The second kappa shape index (κ2) is 4.96. The molecule has 0 saturated carbocycles. The van der Waals surface area contributed by atoms with Crippen LogP contribution in [0.15, 0.2) is 23.1 Å². The lowest BCUT2D eigenvalue weighted by molar-refractivity contribution is 0.593. The first-order valence-electron chi connectivity index (χ1n) is 4.41. The maximum absolute atomic E-state index is 13.4. The number of hydrogen-bond acceptors (Lipinski definition) is 3. The molecule has 3 N–H and O–H groups in total. The molecule has 0 heterocycles. The molecule has 1 rings (SSSR count). The molecule has 0 atom stereocenters. The van der Waals surface area contributed by atoms with Crippen LogP contribution in [0, 0.1) is 17.7 Å². The Balaban J connectivity index is 2.95. The van der Waals surface area contributed by atoms with Crippen LogP contribution < -0.4 is 10.5 Å². The number of halogens is 1. The van der Waals surface area contributed by atoms with Gasteiger partial charge in [0.25, 0.3) is 0 Å². The lowest BCUT2D eigenvalue weighted by Gasteiger charge is -2.05. The predicted octanol–water partition coefficient (Wildman–Crippen LogP) is 0.908. The van der Waals surface area contributed by atoms with Crippen molar-refractivity contribution < 1.29 is 12.8 Å². The van der Waals surface area contributed by atoms with Crippen LogP contribution in [0.2, 0.25) is 0 Å². The highest BCUT2D eigenvalue weighted by molar-refractivity contribution is 7.89. The van der Waals surface area contributed by atoms with Crippen molar-refractivity contribution in [3.63, 3.8) is 0 Å². The summed E-state index contributed by atoms with van der Waals surface area (Å²) in [4.78, 5) is -0.253. The van der Waals surface area contributed by atoms with E-state index in [1.165, 1.54) is 12.1 Å². The van der Waals surface area contributed by atoms with Gasteiger partial charge in [-0.2, -0.15) is 0 Å². The first kappa shape index (κ1) is 12.5. The van der Waals surface area contributed by atoms with Gasteiger partial charge in [-0.3, -0.25) is 0 Å². The Hall–Kier alpha value is -1.58. The van der Waals surface area contributed by atoms with Gasteiger partial charge in [-0.05, 0) is 25.1 Å². The summed E-state index contributed by atoms with van der Waals surface area (Å²) in [5.74, 6) is 4.66. The highest BCUT2D eigenvalue weighted by Gasteiger charge is 2.10. The summed E-state index contributed by atoms with van der Waals surface area (Å²) < 4.78 is 35.2. The molecule has 1 aromatic carbocycles. The Morgan fingerprint density at radius 1 is 1.50 bits per heavy atom. The molecule has 0 bridgehead atoms. The molecule has 0 fully saturated rings. The topological polar surface area (TPSA) is 72.2 Å². The zero-order valence-electron chi connectivity index (χ0n) is 8.62. The summed E-state index contributed by atoms with van der Waals surface area (Å²) in [7, 11) is -3.86. The Morgan fingerprint density at radius 3 is 2.69 bits per heavy atom. The highest BCUT2D eigenvalue weighted by Crippen LogP contribution is 2.17. The molecule has 0 amide bonds. The Kier molecular flexibility index (Phi) is 3.88. The van der Waals surface area contributed by atoms with E-state index in [-0.39, 0.29) is 10.6 Å². The molecule has 0 unspecified atom stereocenters. The van der Waals surface area contributed by atoms with Crippen molar-refractivity contribution in [1.82, 2.24) is 0 Å². The Morgan fingerprint density at radius 2 is 2.19 bits per heavy atom. The molecule has 0 radical (unpaired) electrons. The van der Waals surface area contributed by atoms with Gasteiger partial charge in [-0.15, -0.1) is 5.92 Å². The molecule has 0 aliphatic carbocycles. The van der Waals surface area contributed by atoms with E-state index in [9.17, 15) is 12.8 Å². The Bertz CT molecular complexity index is 544. The van der Waals surface area contributed by atoms with Crippen LogP contribution in [-0.2, 0) is 10.0 Å². The number of primary sulfonamides is 1. The van der Waals surface area contributed by atoms with Crippen LogP contribution in [-0.4, -0.2) is 15.0 Å². The van der Waals surface area contributed by atoms with Crippen molar-refractivity contribution >= 4 is 15.7 Å². The average molecular weight is 242 g/mol. The van der Waals surface area contributed by atoms with E-state index in [0.717, 1.165) is 6.07 Å². The van der Waals surface area contributed by atoms with Crippen LogP contribution in [0.25, 0.3) is 0 Å². The van der Waals surface area contributed by atoms with Gasteiger partial charge in [0.1, 0.15) is 5.82 Å². The Labute approximate surface area is 93.7 Å². The zero-order valence-corrected chi connectivity index (χ0v) is 9.44. The minimum absolute atomic E-state index is 0.190. The molecular formula is C10H11FN2O2S. The SMILES string of the molecule is CC#CCNc1ccc(S(N)(=O)=O)cc1F. The molecule has 1 aromatic rings. The van der Waals surface area contributed by atoms with E-state index >= 15 is 0 Å². The van der Waals surface area contributed by atoms with Crippen molar-refractivity contribution in [3.05, 3.63) is 24.0 Å². The van der Waals surface area contributed by atoms with Gasteiger partial charge in [-0.1, -0.05) is 5.92 Å². The molecule has 0 spiro atoms. The van der Waals surface area contributed by atoms with Gasteiger partial charge < -0.3 is 5.32 Å². The monoisotopic (exact) mass is 242 g/mol. The average Bonchev–Trinajstić information content (AvgIpc) is 2.19. The van der Waals surface area contributed by atoms with Crippen molar-refractivity contribution in [2.75, 3.05) is 11.9 Å². The van der Waals surface area contributed by atoms with Crippen molar-refractivity contribution in [1.29, 1.82) is 0 Å². The van der Waals surface area contributed by atoms with Crippen LogP contribution >= 0.6 is 0 Å². The summed E-state index contributed by atoms with van der Waals surface area (Å²) in [5, 5.41) is 7.57. The maximum Gasteiger partial charge on any atom is 0.238 e. The second-order valence-electron chi connectivity index (χ2n) is 2.97. The van der Waals surface area contributed by atoms with E-state index in [1.54, 1.807) is 6.92 Å². The molecular weight excluding hydrogens is 231 g/mol. The van der Waals surface area contributed by atoms with Gasteiger partial charge in [0.05, 0.1) is 17.1 Å². The van der Waals surface area contributed by atoms with Gasteiger partial charge in [0.15, 0.2) is 0 Å². The number of hydrogen-bond donors (Lipinski definition) is 2. The highest BCUT2D eigenvalue weighted by atomic mass is 32.2. The summed E-state index contributed by atoms with van der Waals surface area (Å²) >= 11 is 0. The third-order valence-corrected chi connectivity index (χ3v) is 2.72. The fraction of sp³-hybridized carbons (Fsp3) is 0.200. The van der Waals surface area contributed by atoms with E-state index in [1.807, 2.05) is 0 Å². The summed E-state index contributed by atoms with van der Waals surface area (Å²) in [6, 6.07) is 3.42.